The molecule has 0 spiro atoms. The number of nitrogens with zero attached hydrogens (tertiary/aromatic N) is 1. The average Bonchev–Trinajstić information content (AvgIpc) is 2.77. The van der Waals surface area contributed by atoms with Gasteiger partial charge in [0.2, 0.25) is 5.91 Å². The molecule has 0 heterocycles. The van der Waals surface area contributed by atoms with Crippen molar-refractivity contribution in [2.24, 2.45) is 5.73 Å². The molecule has 31 heavy (non-hydrogen) atoms. The van der Waals surface area contributed by atoms with Gasteiger partial charge >= 0.3 is 11.9 Å². The molecule has 0 saturated heterocycles. The quantitative estimate of drug-likeness (QED) is 0.483. The van der Waals surface area contributed by atoms with E-state index in [2.05, 4.69) is 4.74 Å². The molecule has 0 aliphatic rings. The number of halogens is 1. The molecule has 2 aromatic carbocycles. The van der Waals surface area contributed by atoms with Crippen molar-refractivity contribution < 1.29 is 33.0 Å². The van der Waals surface area contributed by atoms with Crippen LogP contribution < -0.4 is 10.6 Å². The molecule has 0 aromatic heterocycles. The summed E-state index contributed by atoms with van der Waals surface area (Å²) < 4.78 is 22.7. The Balaban J connectivity index is 1.96. The largest absolute Gasteiger partial charge is 0.465 e. The lowest BCUT2D eigenvalue weighted by atomic mass is 10.1. The summed E-state index contributed by atoms with van der Waals surface area (Å²) in [6.07, 6.45) is 2.48. The van der Waals surface area contributed by atoms with Crippen LogP contribution in [0, 0.1) is 5.82 Å². The SMILES string of the molecule is COC(=O)c1ccc(/C=C/C(=O)OCC(=O)N(CCC(N)=O)c2ccc(F)cc2)cc1. The van der Waals surface area contributed by atoms with Gasteiger partial charge in [-0.05, 0) is 48.0 Å². The van der Waals surface area contributed by atoms with Crippen LogP contribution in [0.15, 0.2) is 54.6 Å². The number of hydrogen-bond acceptors (Lipinski definition) is 6. The molecule has 162 valence electrons. The van der Waals surface area contributed by atoms with E-state index in [-0.39, 0.29) is 13.0 Å². The summed E-state index contributed by atoms with van der Waals surface area (Å²) in [6.45, 7) is -0.625. The maximum atomic E-state index is 13.1. The summed E-state index contributed by atoms with van der Waals surface area (Å²) in [4.78, 5) is 48.1. The van der Waals surface area contributed by atoms with Crippen molar-refractivity contribution in [1.29, 1.82) is 0 Å². The van der Waals surface area contributed by atoms with Crippen molar-refractivity contribution in [2.45, 2.75) is 6.42 Å². The molecule has 0 saturated carbocycles. The summed E-state index contributed by atoms with van der Waals surface area (Å²) in [5.41, 5.74) is 6.47. The van der Waals surface area contributed by atoms with E-state index in [1.165, 1.54) is 42.4 Å². The average molecular weight is 428 g/mol. The molecular formula is C22H21FN2O6. The van der Waals surface area contributed by atoms with E-state index in [9.17, 15) is 23.6 Å². The van der Waals surface area contributed by atoms with Crippen LogP contribution in [0.3, 0.4) is 0 Å². The highest BCUT2D eigenvalue weighted by molar-refractivity contribution is 5.97. The Kier molecular flexibility index (Phi) is 8.44. The van der Waals surface area contributed by atoms with Crippen molar-refractivity contribution in [1.82, 2.24) is 0 Å². The zero-order valence-corrected chi connectivity index (χ0v) is 16.7. The Morgan fingerprint density at radius 1 is 1.03 bits per heavy atom. The summed E-state index contributed by atoms with van der Waals surface area (Å²) in [7, 11) is 1.28. The van der Waals surface area contributed by atoms with Gasteiger partial charge in [0.25, 0.3) is 5.91 Å². The van der Waals surface area contributed by atoms with Crippen molar-refractivity contribution in [3.05, 3.63) is 71.6 Å². The lowest BCUT2D eigenvalue weighted by Crippen LogP contribution is -2.37. The smallest absolute Gasteiger partial charge is 0.337 e. The zero-order valence-electron chi connectivity index (χ0n) is 16.7. The van der Waals surface area contributed by atoms with E-state index in [4.69, 9.17) is 10.5 Å². The van der Waals surface area contributed by atoms with E-state index in [1.807, 2.05) is 0 Å². The van der Waals surface area contributed by atoms with Gasteiger partial charge in [0.15, 0.2) is 6.61 Å². The first kappa shape index (κ1) is 23.3. The molecule has 2 aromatic rings. The second-order valence-corrected chi connectivity index (χ2v) is 6.29. The molecule has 9 heteroatoms. The number of benzene rings is 2. The van der Waals surface area contributed by atoms with Crippen molar-refractivity contribution in [3.8, 4) is 0 Å². The summed E-state index contributed by atoms with van der Waals surface area (Å²) in [6, 6.07) is 11.4. The third-order valence-corrected chi connectivity index (χ3v) is 4.10. The molecule has 0 fully saturated rings. The van der Waals surface area contributed by atoms with E-state index in [1.54, 1.807) is 24.3 Å². The zero-order chi connectivity index (χ0) is 22.8. The van der Waals surface area contributed by atoms with E-state index < -0.39 is 36.2 Å². The van der Waals surface area contributed by atoms with Crippen molar-refractivity contribution in [2.75, 3.05) is 25.2 Å². The second-order valence-electron chi connectivity index (χ2n) is 6.29. The fourth-order valence-electron chi connectivity index (χ4n) is 2.51. The Labute approximate surface area is 178 Å². The highest BCUT2D eigenvalue weighted by Crippen LogP contribution is 2.16. The third kappa shape index (κ3) is 7.39. The predicted octanol–water partition coefficient (Wildman–Crippen LogP) is 2.08. The number of hydrogen-bond donors (Lipinski definition) is 1. The number of ether oxygens (including phenoxy) is 2. The molecule has 0 bridgehead atoms. The Hall–Kier alpha value is -4.01. The molecule has 2 amide bonds. The van der Waals surface area contributed by atoms with E-state index in [0.29, 0.717) is 16.8 Å². The summed E-state index contributed by atoms with van der Waals surface area (Å²) in [5.74, 6) is -2.94. The normalized spacial score (nSPS) is 10.5. The molecular weight excluding hydrogens is 407 g/mol. The molecule has 0 unspecified atom stereocenters. The van der Waals surface area contributed by atoms with Gasteiger partial charge in [0.05, 0.1) is 12.7 Å². The van der Waals surface area contributed by atoms with Gasteiger partial charge in [-0.2, -0.15) is 0 Å². The topological polar surface area (TPSA) is 116 Å². The van der Waals surface area contributed by atoms with Crippen LogP contribution >= 0.6 is 0 Å². The van der Waals surface area contributed by atoms with Crippen LogP contribution in [0.1, 0.15) is 22.3 Å². The number of methoxy groups -OCH3 is 1. The molecule has 2 rings (SSSR count). The van der Waals surface area contributed by atoms with Crippen LogP contribution in [0.5, 0.6) is 0 Å². The van der Waals surface area contributed by atoms with E-state index >= 15 is 0 Å². The van der Waals surface area contributed by atoms with Crippen molar-refractivity contribution in [3.63, 3.8) is 0 Å². The highest BCUT2D eigenvalue weighted by atomic mass is 19.1. The third-order valence-electron chi connectivity index (χ3n) is 4.10. The van der Waals surface area contributed by atoms with Crippen LogP contribution in [-0.2, 0) is 23.9 Å². The first-order chi connectivity index (χ1) is 14.8. The number of esters is 2. The minimum Gasteiger partial charge on any atom is -0.465 e. The van der Waals surface area contributed by atoms with Crippen LogP contribution in [0.25, 0.3) is 6.08 Å². The maximum absolute atomic E-state index is 13.1. The standard InChI is InChI=1S/C22H21FN2O6/c1-30-22(29)16-5-2-15(3-6-16)4-11-21(28)31-14-20(27)25(13-12-19(24)26)18-9-7-17(23)8-10-18/h2-11H,12-14H2,1H3,(H2,24,26)/b11-4+. The summed E-state index contributed by atoms with van der Waals surface area (Å²) >= 11 is 0. The number of rotatable bonds is 9. The number of carbonyl (C=O) groups excluding carboxylic acids is 4. The summed E-state index contributed by atoms with van der Waals surface area (Å²) in [5, 5.41) is 0. The monoisotopic (exact) mass is 428 g/mol. The Bertz CT molecular complexity index is 971. The van der Waals surface area contributed by atoms with Gasteiger partial charge in [0, 0.05) is 24.7 Å². The van der Waals surface area contributed by atoms with Crippen LogP contribution in [-0.4, -0.2) is 44.0 Å². The highest BCUT2D eigenvalue weighted by Gasteiger charge is 2.18. The first-order valence-electron chi connectivity index (χ1n) is 9.17. The fourth-order valence-corrected chi connectivity index (χ4v) is 2.51. The lowest BCUT2D eigenvalue weighted by molar-refractivity contribution is -0.143. The predicted molar refractivity (Wildman–Crippen MR) is 110 cm³/mol. The number of nitrogens with two attached hydrogens (primary N) is 1. The van der Waals surface area contributed by atoms with Gasteiger partial charge < -0.3 is 20.1 Å². The van der Waals surface area contributed by atoms with Gasteiger partial charge in [-0.25, -0.2) is 14.0 Å². The number of primary amides is 1. The minimum absolute atomic E-state index is 0.0419. The molecule has 0 aliphatic heterocycles. The molecule has 0 radical (unpaired) electrons. The Morgan fingerprint density at radius 2 is 1.68 bits per heavy atom. The molecule has 0 atom stereocenters. The van der Waals surface area contributed by atoms with Gasteiger partial charge in [0.1, 0.15) is 5.82 Å². The first-order valence-corrected chi connectivity index (χ1v) is 9.17. The minimum atomic E-state index is -0.764. The van der Waals surface area contributed by atoms with Gasteiger partial charge in [-0.3, -0.25) is 9.59 Å². The van der Waals surface area contributed by atoms with Crippen LogP contribution in [0.2, 0.25) is 0 Å². The van der Waals surface area contributed by atoms with E-state index in [0.717, 1.165) is 6.08 Å². The van der Waals surface area contributed by atoms with Gasteiger partial charge in [-0.1, -0.05) is 12.1 Å². The molecule has 8 nitrogen and oxygen atoms in total. The maximum Gasteiger partial charge on any atom is 0.337 e. The Morgan fingerprint density at radius 3 is 2.26 bits per heavy atom. The van der Waals surface area contributed by atoms with Crippen molar-refractivity contribution >= 4 is 35.5 Å². The number of carbonyl (C=O) groups is 4. The lowest BCUT2D eigenvalue weighted by Gasteiger charge is -2.22. The second kappa shape index (κ2) is 11.2. The number of anilines is 1. The number of amides is 2. The fraction of sp³-hybridized carbons (Fsp3) is 0.182. The van der Waals surface area contributed by atoms with Crippen LogP contribution in [0.4, 0.5) is 10.1 Å². The molecule has 0 aliphatic carbocycles. The van der Waals surface area contributed by atoms with Gasteiger partial charge in [-0.15, -0.1) is 0 Å². The molecule has 2 N–H and O–H groups in total.